The Morgan fingerprint density at radius 1 is 1.10 bits per heavy atom. The molecule has 41 heavy (non-hydrogen) atoms. The average Bonchev–Trinajstić information content (AvgIpc) is 3.33. The minimum atomic E-state index is -4.63. The maximum Gasteiger partial charge on any atom is 0.418 e. The van der Waals surface area contributed by atoms with Crippen LogP contribution in [-0.4, -0.2) is 42.3 Å². The van der Waals surface area contributed by atoms with Gasteiger partial charge in [-0.25, -0.2) is 4.98 Å². The molecule has 2 fully saturated rings. The van der Waals surface area contributed by atoms with Crippen LogP contribution in [0.2, 0.25) is 0 Å². The number of aryl methyl sites for hydroxylation is 1. The Balaban J connectivity index is 1.45. The Labute approximate surface area is 237 Å². The topological polar surface area (TPSA) is 68.8 Å². The van der Waals surface area contributed by atoms with Crippen molar-refractivity contribution in [1.29, 1.82) is 0 Å². The van der Waals surface area contributed by atoms with Crippen LogP contribution < -0.4 is 5.56 Å². The van der Waals surface area contributed by atoms with E-state index in [-0.39, 0.29) is 21.7 Å². The zero-order chi connectivity index (χ0) is 29.2. The van der Waals surface area contributed by atoms with Crippen LogP contribution in [0, 0.1) is 11.3 Å². The third-order valence-corrected chi connectivity index (χ3v) is 8.75. The van der Waals surface area contributed by atoms with E-state index in [2.05, 4.69) is 40.9 Å². The molecule has 0 amide bonds. The fourth-order valence-corrected chi connectivity index (χ4v) is 7.22. The number of likely N-dealkylation sites (tertiary alicyclic amines) is 1. The zero-order valence-corrected chi connectivity index (χ0v) is 23.9. The molecule has 0 bridgehead atoms. The van der Waals surface area contributed by atoms with Crippen LogP contribution in [0.5, 0.6) is 0 Å². The van der Waals surface area contributed by atoms with Crippen molar-refractivity contribution in [3.63, 3.8) is 0 Å². The summed E-state index contributed by atoms with van der Waals surface area (Å²) in [5, 5.41) is 8.51. The van der Waals surface area contributed by atoms with Crippen LogP contribution >= 0.6 is 0 Å². The molecule has 10 heteroatoms. The molecule has 1 aliphatic heterocycles. The van der Waals surface area contributed by atoms with Crippen LogP contribution in [0.25, 0.3) is 16.6 Å². The van der Waals surface area contributed by atoms with E-state index in [1.165, 1.54) is 10.9 Å². The van der Waals surface area contributed by atoms with E-state index in [0.29, 0.717) is 23.7 Å². The van der Waals surface area contributed by atoms with E-state index in [4.69, 9.17) is 0 Å². The van der Waals surface area contributed by atoms with Crippen molar-refractivity contribution in [2.24, 2.45) is 18.4 Å². The number of nitrogens with zero attached hydrogens (tertiary/aromatic N) is 6. The molecular weight excluding hydrogens is 529 g/mol. The number of piperidine rings is 1. The van der Waals surface area contributed by atoms with E-state index >= 15 is 0 Å². The van der Waals surface area contributed by atoms with Gasteiger partial charge < -0.3 is 4.57 Å². The van der Waals surface area contributed by atoms with Gasteiger partial charge in [0.2, 0.25) is 0 Å². The minimum Gasteiger partial charge on any atom is -0.320 e. The van der Waals surface area contributed by atoms with Gasteiger partial charge in [0.05, 0.1) is 27.6 Å². The predicted molar refractivity (Wildman–Crippen MR) is 151 cm³/mol. The molecular formula is C31H35F3N6O. The van der Waals surface area contributed by atoms with E-state index in [0.717, 1.165) is 56.2 Å². The Morgan fingerprint density at radius 3 is 2.54 bits per heavy atom. The molecule has 2 aromatic heterocycles. The van der Waals surface area contributed by atoms with Gasteiger partial charge in [0.15, 0.2) is 0 Å². The van der Waals surface area contributed by atoms with Crippen LogP contribution in [0.1, 0.15) is 69.0 Å². The highest BCUT2D eigenvalue weighted by atomic mass is 19.4. The maximum absolute atomic E-state index is 14.2. The van der Waals surface area contributed by atoms with Crippen molar-refractivity contribution in [3.05, 3.63) is 81.9 Å². The number of rotatable bonds is 5. The van der Waals surface area contributed by atoms with Gasteiger partial charge in [0, 0.05) is 20.1 Å². The third kappa shape index (κ3) is 4.96. The van der Waals surface area contributed by atoms with Crippen LogP contribution in [0.4, 0.5) is 13.2 Å². The molecule has 1 atom stereocenters. The molecule has 4 aromatic rings. The van der Waals surface area contributed by atoms with E-state index in [1.54, 1.807) is 18.5 Å². The number of aromatic nitrogens is 5. The second-order valence-corrected chi connectivity index (χ2v) is 12.9. The van der Waals surface area contributed by atoms with Gasteiger partial charge >= 0.3 is 6.18 Å². The fraction of sp³-hybridized carbons (Fsp3) is 0.484. The Hall–Kier alpha value is -3.53. The first kappa shape index (κ1) is 27.6. The number of fused-ring (bicyclic) bond motifs is 1. The smallest absolute Gasteiger partial charge is 0.320 e. The van der Waals surface area contributed by atoms with Crippen LogP contribution in [-0.2, 0) is 25.2 Å². The average molecular weight is 565 g/mol. The first-order valence-corrected chi connectivity index (χ1v) is 14.2. The largest absolute Gasteiger partial charge is 0.418 e. The maximum atomic E-state index is 14.2. The lowest BCUT2D eigenvalue weighted by molar-refractivity contribution is -0.136. The third-order valence-electron chi connectivity index (χ3n) is 8.75. The molecule has 216 valence electrons. The Bertz CT molecular complexity index is 1660. The van der Waals surface area contributed by atoms with Gasteiger partial charge in [0.25, 0.3) is 5.56 Å². The SMILES string of the molecule is C[C@H]1CCCN(Cc2cc(C(F)(F)F)c3ncn(-c4cccc(C5(c6nncn6C)CC(C)(C)C5)c4)c(=O)c3c2)C1. The molecule has 2 aliphatic rings. The summed E-state index contributed by atoms with van der Waals surface area (Å²) >= 11 is 0. The molecule has 0 radical (unpaired) electrons. The molecule has 2 aromatic carbocycles. The van der Waals surface area contributed by atoms with Crippen LogP contribution in [0.3, 0.4) is 0 Å². The van der Waals surface area contributed by atoms with Crippen molar-refractivity contribution >= 4 is 10.9 Å². The summed E-state index contributed by atoms with van der Waals surface area (Å²) in [6.45, 7) is 8.60. The highest BCUT2D eigenvalue weighted by Crippen LogP contribution is 2.58. The van der Waals surface area contributed by atoms with Gasteiger partial charge in [-0.15, -0.1) is 10.2 Å². The summed E-state index contributed by atoms with van der Waals surface area (Å²) < 4.78 is 45.8. The monoisotopic (exact) mass is 564 g/mol. The number of halogens is 3. The van der Waals surface area contributed by atoms with E-state index < -0.39 is 17.3 Å². The number of alkyl halides is 3. The number of benzene rings is 2. The second-order valence-electron chi connectivity index (χ2n) is 12.9. The van der Waals surface area contributed by atoms with Crippen molar-refractivity contribution in [2.45, 2.75) is 64.6 Å². The Kier molecular flexibility index (Phi) is 6.60. The summed E-state index contributed by atoms with van der Waals surface area (Å²) in [7, 11) is 1.92. The standard InChI is InChI=1S/C31H35F3N6O/c1-20-7-6-10-39(14-20)15-21-11-24-26(25(12-21)31(32,33)34)35-18-40(27(24)41)23-9-5-8-22(13-23)30(16-29(2,3)17-30)28-37-36-19-38(28)4/h5,8-9,11-13,18-20H,6-7,10,14-17H2,1-4H3/t20-/m0/s1. The molecule has 7 nitrogen and oxygen atoms in total. The highest BCUT2D eigenvalue weighted by Gasteiger charge is 2.54. The molecule has 1 saturated carbocycles. The lowest BCUT2D eigenvalue weighted by atomic mass is 9.51. The molecule has 0 unspecified atom stereocenters. The zero-order valence-electron chi connectivity index (χ0n) is 23.9. The lowest BCUT2D eigenvalue weighted by Gasteiger charge is -2.52. The van der Waals surface area contributed by atoms with E-state index in [9.17, 15) is 18.0 Å². The highest BCUT2D eigenvalue weighted by molar-refractivity contribution is 5.82. The quantitative estimate of drug-likeness (QED) is 0.303. The number of hydrogen-bond acceptors (Lipinski definition) is 5. The molecule has 1 saturated heterocycles. The fourth-order valence-electron chi connectivity index (χ4n) is 7.22. The minimum absolute atomic E-state index is 0.0272. The normalized spacial score (nSPS) is 20.7. The van der Waals surface area contributed by atoms with E-state index in [1.807, 2.05) is 29.8 Å². The number of hydrogen-bond donors (Lipinski definition) is 0. The first-order chi connectivity index (χ1) is 19.4. The summed E-state index contributed by atoms with van der Waals surface area (Å²) in [5.74, 6) is 1.34. The molecule has 3 heterocycles. The lowest BCUT2D eigenvalue weighted by Crippen LogP contribution is -2.49. The summed E-state index contributed by atoms with van der Waals surface area (Å²) in [4.78, 5) is 20.2. The van der Waals surface area contributed by atoms with Crippen LogP contribution in [0.15, 0.2) is 53.8 Å². The predicted octanol–water partition coefficient (Wildman–Crippen LogP) is 5.87. The summed E-state index contributed by atoms with van der Waals surface area (Å²) in [6.07, 6.45) is 2.11. The van der Waals surface area contributed by atoms with Gasteiger partial charge in [0.1, 0.15) is 18.5 Å². The molecule has 6 rings (SSSR count). The van der Waals surface area contributed by atoms with Gasteiger partial charge in [-0.3, -0.25) is 14.3 Å². The van der Waals surface area contributed by atoms with Gasteiger partial charge in [-0.1, -0.05) is 32.9 Å². The van der Waals surface area contributed by atoms with Crippen molar-refractivity contribution in [3.8, 4) is 5.69 Å². The van der Waals surface area contributed by atoms with Crippen molar-refractivity contribution < 1.29 is 13.2 Å². The van der Waals surface area contributed by atoms with Gasteiger partial charge in [-0.05, 0) is 79.0 Å². The first-order valence-electron chi connectivity index (χ1n) is 14.2. The van der Waals surface area contributed by atoms with Gasteiger partial charge in [-0.2, -0.15) is 13.2 Å². The summed E-state index contributed by atoms with van der Waals surface area (Å²) in [5.41, 5.74) is 0.0439. The van der Waals surface area contributed by atoms with Crippen molar-refractivity contribution in [2.75, 3.05) is 13.1 Å². The summed E-state index contributed by atoms with van der Waals surface area (Å²) in [6, 6.07) is 10.4. The Morgan fingerprint density at radius 2 is 1.88 bits per heavy atom. The second kappa shape index (κ2) is 9.79. The molecule has 1 aliphatic carbocycles. The molecule has 0 N–H and O–H groups in total. The van der Waals surface area contributed by atoms with Crippen molar-refractivity contribution in [1.82, 2.24) is 29.2 Å². The molecule has 0 spiro atoms.